The summed E-state index contributed by atoms with van der Waals surface area (Å²) in [5, 5.41) is 6.58. The molecule has 1 saturated heterocycles. The molecule has 2 unspecified atom stereocenters. The van der Waals surface area contributed by atoms with Gasteiger partial charge < -0.3 is 14.6 Å². The van der Waals surface area contributed by atoms with Crippen LogP contribution in [0.1, 0.15) is 26.0 Å². The fourth-order valence-corrected chi connectivity index (χ4v) is 2.37. The number of rotatable bonds is 4. The van der Waals surface area contributed by atoms with Crippen molar-refractivity contribution in [3.05, 3.63) is 11.8 Å². The van der Waals surface area contributed by atoms with Crippen LogP contribution in [-0.4, -0.2) is 47.8 Å². The molecule has 6 nitrogen and oxygen atoms in total. The van der Waals surface area contributed by atoms with Crippen LogP contribution in [0.2, 0.25) is 0 Å². The minimum atomic E-state index is -0.150. The van der Waals surface area contributed by atoms with Crippen molar-refractivity contribution in [3.63, 3.8) is 0 Å². The van der Waals surface area contributed by atoms with Crippen molar-refractivity contribution in [1.82, 2.24) is 10.1 Å². The lowest BCUT2D eigenvalue weighted by atomic mass is 10.1. The summed E-state index contributed by atoms with van der Waals surface area (Å²) >= 11 is 0. The quantitative estimate of drug-likeness (QED) is 0.893. The molecule has 1 aromatic heterocycles. The van der Waals surface area contributed by atoms with Crippen LogP contribution in [0.25, 0.3) is 0 Å². The molecule has 0 radical (unpaired) electrons. The maximum Gasteiger partial charge on any atom is 0.242 e. The van der Waals surface area contributed by atoms with Crippen LogP contribution in [0.5, 0.6) is 0 Å². The second kappa shape index (κ2) is 6.16. The van der Waals surface area contributed by atoms with Gasteiger partial charge in [-0.25, -0.2) is 0 Å². The molecule has 19 heavy (non-hydrogen) atoms. The number of morpholine rings is 1. The number of hydrogen-bond donors (Lipinski definition) is 1. The highest BCUT2D eigenvalue weighted by Crippen LogP contribution is 2.14. The van der Waals surface area contributed by atoms with Gasteiger partial charge in [-0.3, -0.25) is 9.69 Å². The molecular formula is C13H21N3O3. The number of nitrogens with zero attached hydrogens (tertiary/aromatic N) is 2. The highest BCUT2D eigenvalue weighted by atomic mass is 16.5. The van der Waals surface area contributed by atoms with Crippen molar-refractivity contribution in [2.75, 3.05) is 25.0 Å². The lowest BCUT2D eigenvalue weighted by molar-refractivity contribution is -0.124. The molecule has 0 saturated carbocycles. The number of aromatic nitrogens is 1. The normalized spacial score (nSPS) is 22.2. The Hall–Kier alpha value is -1.40. The van der Waals surface area contributed by atoms with E-state index in [1.807, 2.05) is 13.8 Å². The van der Waals surface area contributed by atoms with Crippen molar-refractivity contribution in [1.29, 1.82) is 0 Å². The standard InChI is InChI=1S/C13H21N3O3/c1-4-11(16-5-6-18-10(3)8-16)13(17)14-12-7-9(2)19-15-12/h7,10-11H,4-6,8H2,1-3H3,(H,14,15,17). The summed E-state index contributed by atoms with van der Waals surface area (Å²) in [5.74, 6) is 1.12. The highest BCUT2D eigenvalue weighted by molar-refractivity contribution is 5.93. The minimum Gasteiger partial charge on any atom is -0.376 e. The largest absolute Gasteiger partial charge is 0.376 e. The molecule has 106 valence electrons. The summed E-state index contributed by atoms with van der Waals surface area (Å²) in [6.07, 6.45) is 0.931. The molecule has 0 bridgehead atoms. The fraction of sp³-hybridized carbons (Fsp3) is 0.692. The number of anilines is 1. The molecular weight excluding hydrogens is 246 g/mol. The van der Waals surface area contributed by atoms with E-state index in [1.165, 1.54) is 0 Å². The van der Waals surface area contributed by atoms with E-state index in [2.05, 4.69) is 15.4 Å². The van der Waals surface area contributed by atoms with Crippen molar-refractivity contribution in [2.45, 2.75) is 39.3 Å². The first-order chi connectivity index (χ1) is 9.10. The van der Waals surface area contributed by atoms with Gasteiger partial charge in [-0.1, -0.05) is 12.1 Å². The number of aryl methyl sites for hydroxylation is 1. The van der Waals surface area contributed by atoms with E-state index in [4.69, 9.17) is 9.26 Å². The van der Waals surface area contributed by atoms with Crippen LogP contribution < -0.4 is 5.32 Å². The van der Waals surface area contributed by atoms with E-state index in [-0.39, 0.29) is 18.1 Å². The smallest absolute Gasteiger partial charge is 0.242 e. The summed E-state index contributed by atoms with van der Waals surface area (Å²) in [7, 11) is 0. The number of carbonyl (C=O) groups excluding carboxylic acids is 1. The number of hydrogen-bond acceptors (Lipinski definition) is 5. The van der Waals surface area contributed by atoms with Gasteiger partial charge in [-0.15, -0.1) is 0 Å². The van der Waals surface area contributed by atoms with E-state index in [0.717, 1.165) is 19.5 Å². The van der Waals surface area contributed by atoms with Crippen LogP contribution in [0, 0.1) is 6.92 Å². The molecule has 1 aromatic rings. The Balaban J connectivity index is 1.98. The zero-order valence-electron chi connectivity index (χ0n) is 11.7. The second-order valence-corrected chi connectivity index (χ2v) is 4.91. The van der Waals surface area contributed by atoms with Crippen molar-refractivity contribution < 1.29 is 14.1 Å². The Bertz CT molecular complexity index is 433. The maximum atomic E-state index is 12.3. The molecule has 6 heteroatoms. The van der Waals surface area contributed by atoms with E-state index in [0.29, 0.717) is 18.2 Å². The monoisotopic (exact) mass is 267 g/mol. The molecule has 1 amide bonds. The lowest BCUT2D eigenvalue weighted by Gasteiger charge is -2.35. The van der Waals surface area contributed by atoms with Crippen molar-refractivity contribution >= 4 is 11.7 Å². The summed E-state index contributed by atoms with van der Waals surface area (Å²) in [6.45, 7) is 8.08. The summed E-state index contributed by atoms with van der Waals surface area (Å²) < 4.78 is 10.4. The zero-order chi connectivity index (χ0) is 13.8. The van der Waals surface area contributed by atoms with Gasteiger partial charge in [0.2, 0.25) is 5.91 Å². The fourth-order valence-electron chi connectivity index (χ4n) is 2.37. The number of carbonyl (C=O) groups is 1. The van der Waals surface area contributed by atoms with E-state index in [1.54, 1.807) is 13.0 Å². The number of nitrogens with one attached hydrogen (secondary N) is 1. The van der Waals surface area contributed by atoms with E-state index < -0.39 is 0 Å². The lowest BCUT2D eigenvalue weighted by Crippen LogP contribution is -2.51. The average Bonchev–Trinajstić information content (AvgIpc) is 2.75. The first-order valence-corrected chi connectivity index (χ1v) is 6.70. The maximum absolute atomic E-state index is 12.3. The third kappa shape index (κ3) is 3.54. The van der Waals surface area contributed by atoms with Crippen LogP contribution in [-0.2, 0) is 9.53 Å². The van der Waals surface area contributed by atoms with Crippen molar-refractivity contribution in [2.24, 2.45) is 0 Å². The molecule has 0 spiro atoms. The van der Waals surface area contributed by atoms with Crippen LogP contribution in [0.4, 0.5) is 5.82 Å². The zero-order valence-corrected chi connectivity index (χ0v) is 11.7. The predicted octanol–water partition coefficient (Wildman–Crippen LogP) is 1.42. The van der Waals surface area contributed by atoms with Crippen LogP contribution in [0.3, 0.4) is 0 Å². The topological polar surface area (TPSA) is 67.6 Å². The average molecular weight is 267 g/mol. The predicted molar refractivity (Wildman–Crippen MR) is 70.9 cm³/mol. The molecule has 1 aliphatic heterocycles. The molecule has 1 N–H and O–H groups in total. The van der Waals surface area contributed by atoms with E-state index >= 15 is 0 Å². The highest BCUT2D eigenvalue weighted by Gasteiger charge is 2.28. The van der Waals surface area contributed by atoms with Gasteiger partial charge in [0.1, 0.15) is 5.76 Å². The van der Waals surface area contributed by atoms with Gasteiger partial charge in [-0.2, -0.15) is 0 Å². The SMILES string of the molecule is CCC(C(=O)Nc1cc(C)on1)N1CCOC(C)C1. The summed E-state index contributed by atoms with van der Waals surface area (Å²) in [6, 6.07) is 1.57. The van der Waals surface area contributed by atoms with Gasteiger partial charge in [0.25, 0.3) is 0 Å². The van der Waals surface area contributed by atoms with Gasteiger partial charge in [0.15, 0.2) is 5.82 Å². The molecule has 0 aliphatic carbocycles. The molecule has 1 fully saturated rings. The Morgan fingerprint density at radius 2 is 2.47 bits per heavy atom. The Morgan fingerprint density at radius 3 is 3.05 bits per heavy atom. The molecule has 2 heterocycles. The molecule has 2 rings (SSSR count). The van der Waals surface area contributed by atoms with Gasteiger partial charge in [0.05, 0.1) is 18.8 Å². The molecule has 1 aliphatic rings. The first-order valence-electron chi connectivity index (χ1n) is 6.70. The third-order valence-corrected chi connectivity index (χ3v) is 3.28. The number of ether oxygens (including phenoxy) is 1. The van der Waals surface area contributed by atoms with Gasteiger partial charge in [0, 0.05) is 19.2 Å². The second-order valence-electron chi connectivity index (χ2n) is 4.91. The summed E-state index contributed by atoms with van der Waals surface area (Å²) in [4.78, 5) is 14.4. The molecule has 0 aromatic carbocycles. The Kier molecular flexibility index (Phi) is 4.55. The van der Waals surface area contributed by atoms with Crippen molar-refractivity contribution in [3.8, 4) is 0 Å². The Labute approximate surface area is 113 Å². The minimum absolute atomic E-state index is 0.0371. The van der Waals surface area contributed by atoms with E-state index in [9.17, 15) is 4.79 Å². The molecule has 2 atom stereocenters. The van der Waals surface area contributed by atoms with Crippen LogP contribution in [0.15, 0.2) is 10.6 Å². The van der Waals surface area contributed by atoms with Crippen LogP contribution >= 0.6 is 0 Å². The first kappa shape index (κ1) is 14.0. The number of amides is 1. The third-order valence-electron chi connectivity index (χ3n) is 3.28. The van der Waals surface area contributed by atoms with Gasteiger partial charge >= 0.3 is 0 Å². The van der Waals surface area contributed by atoms with Gasteiger partial charge in [-0.05, 0) is 20.3 Å². The Morgan fingerprint density at radius 1 is 1.68 bits per heavy atom. The summed E-state index contributed by atoms with van der Waals surface area (Å²) in [5.41, 5.74) is 0.